The Bertz CT molecular complexity index is 690. The highest BCUT2D eigenvalue weighted by atomic mass is 127. The Morgan fingerprint density at radius 3 is 2.59 bits per heavy atom. The first kappa shape index (κ1) is 23.8. The van der Waals surface area contributed by atoms with E-state index in [0.717, 1.165) is 37.0 Å². The van der Waals surface area contributed by atoms with Crippen molar-refractivity contribution in [2.45, 2.75) is 53.3 Å². The lowest BCUT2D eigenvalue weighted by molar-refractivity contribution is 0.121. The Balaban J connectivity index is 0.00000364. The van der Waals surface area contributed by atoms with E-state index >= 15 is 0 Å². The van der Waals surface area contributed by atoms with Crippen molar-refractivity contribution in [1.82, 2.24) is 15.6 Å². The predicted octanol–water partition coefficient (Wildman–Crippen LogP) is 4.51. The van der Waals surface area contributed by atoms with Crippen molar-refractivity contribution in [1.29, 1.82) is 0 Å². The fraction of sp³-hybridized carbons (Fsp3) is 0.500. The van der Waals surface area contributed by atoms with E-state index in [0.29, 0.717) is 19.7 Å². The number of benzene rings is 1. The van der Waals surface area contributed by atoms with Gasteiger partial charge in [0.2, 0.25) is 0 Å². The van der Waals surface area contributed by atoms with Gasteiger partial charge in [0.25, 0.3) is 0 Å². The maximum absolute atomic E-state index is 5.70. The van der Waals surface area contributed by atoms with E-state index in [1.807, 2.05) is 6.20 Å². The summed E-state index contributed by atoms with van der Waals surface area (Å²) in [6, 6.07) is 8.33. The van der Waals surface area contributed by atoms with Crippen molar-refractivity contribution in [3.05, 3.63) is 51.5 Å². The molecule has 0 bridgehead atoms. The zero-order valence-electron chi connectivity index (χ0n) is 16.5. The molecule has 5 nitrogen and oxygen atoms in total. The first-order valence-electron chi connectivity index (χ1n) is 9.37. The molecular formula is C20H31IN4OS. The van der Waals surface area contributed by atoms with Crippen molar-refractivity contribution < 1.29 is 4.74 Å². The van der Waals surface area contributed by atoms with Crippen molar-refractivity contribution in [3.8, 4) is 0 Å². The number of nitrogens with one attached hydrogen (secondary N) is 2. The SMILES string of the molecule is CCCOCc1ccccc1CN=C(NCC)NCc1ncc(CC)s1.I. The lowest BCUT2D eigenvalue weighted by atomic mass is 10.1. The fourth-order valence-electron chi connectivity index (χ4n) is 2.44. The maximum Gasteiger partial charge on any atom is 0.191 e. The van der Waals surface area contributed by atoms with Crippen LogP contribution in [0.2, 0.25) is 0 Å². The van der Waals surface area contributed by atoms with Crippen LogP contribution in [0.3, 0.4) is 0 Å². The predicted molar refractivity (Wildman–Crippen MR) is 125 cm³/mol. The molecule has 0 aliphatic heterocycles. The van der Waals surface area contributed by atoms with Gasteiger partial charge in [0.15, 0.2) is 5.96 Å². The largest absolute Gasteiger partial charge is 0.377 e. The standard InChI is InChI=1S/C20H30N4OS.HI/c1-4-11-25-15-17-10-8-7-9-16(17)12-23-20(21-6-3)24-14-19-22-13-18(5-2)26-19;/h7-10,13H,4-6,11-12,14-15H2,1-3H3,(H2,21,23,24);1H. The number of hydrogen-bond acceptors (Lipinski definition) is 4. The minimum Gasteiger partial charge on any atom is -0.377 e. The molecule has 0 unspecified atom stereocenters. The van der Waals surface area contributed by atoms with Crippen LogP contribution in [0.25, 0.3) is 0 Å². The summed E-state index contributed by atoms with van der Waals surface area (Å²) in [7, 11) is 0. The molecule has 2 aromatic rings. The molecule has 0 radical (unpaired) electrons. The Kier molecular flexibility index (Phi) is 12.3. The van der Waals surface area contributed by atoms with Crippen LogP contribution in [-0.4, -0.2) is 24.1 Å². The fourth-order valence-corrected chi connectivity index (χ4v) is 3.24. The van der Waals surface area contributed by atoms with E-state index in [1.165, 1.54) is 16.0 Å². The van der Waals surface area contributed by atoms with E-state index in [4.69, 9.17) is 9.73 Å². The molecule has 27 heavy (non-hydrogen) atoms. The average molecular weight is 502 g/mol. The molecular weight excluding hydrogens is 471 g/mol. The zero-order chi connectivity index (χ0) is 18.6. The van der Waals surface area contributed by atoms with Crippen molar-refractivity contribution in [2.24, 2.45) is 4.99 Å². The summed E-state index contributed by atoms with van der Waals surface area (Å²) in [6.07, 6.45) is 4.02. The Morgan fingerprint density at radius 1 is 1.15 bits per heavy atom. The van der Waals surface area contributed by atoms with Gasteiger partial charge < -0.3 is 15.4 Å². The number of nitrogens with zero attached hydrogens (tertiary/aromatic N) is 2. The molecule has 1 heterocycles. The van der Waals surface area contributed by atoms with Crippen molar-refractivity contribution in [3.63, 3.8) is 0 Å². The summed E-state index contributed by atoms with van der Waals surface area (Å²) in [5, 5.41) is 7.76. The molecule has 0 amide bonds. The Hall–Kier alpha value is -1.19. The van der Waals surface area contributed by atoms with Crippen LogP contribution in [0.15, 0.2) is 35.5 Å². The molecule has 1 aromatic carbocycles. The number of ether oxygens (including phenoxy) is 1. The first-order chi connectivity index (χ1) is 12.8. The molecule has 0 saturated heterocycles. The second-order valence-electron chi connectivity index (χ2n) is 5.94. The second kappa shape index (κ2) is 13.9. The van der Waals surface area contributed by atoms with Crippen molar-refractivity contribution >= 4 is 41.3 Å². The highest BCUT2D eigenvalue weighted by Crippen LogP contribution is 2.13. The normalized spacial score (nSPS) is 11.1. The molecule has 0 atom stereocenters. The van der Waals surface area contributed by atoms with Gasteiger partial charge in [-0.1, -0.05) is 38.1 Å². The first-order valence-corrected chi connectivity index (χ1v) is 10.2. The highest BCUT2D eigenvalue weighted by Gasteiger charge is 2.05. The van der Waals surface area contributed by atoms with Gasteiger partial charge in [-0.3, -0.25) is 0 Å². The minimum absolute atomic E-state index is 0. The van der Waals surface area contributed by atoms with Gasteiger partial charge in [-0.05, 0) is 30.9 Å². The Morgan fingerprint density at radius 2 is 1.93 bits per heavy atom. The number of aliphatic imine (C=N–C) groups is 1. The molecule has 0 spiro atoms. The van der Waals surface area contributed by atoms with Gasteiger partial charge in [0.05, 0.1) is 19.7 Å². The molecule has 0 fully saturated rings. The average Bonchev–Trinajstić information content (AvgIpc) is 3.13. The minimum atomic E-state index is 0. The summed E-state index contributed by atoms with van der Waals surface area (Å²) in [5.41, 5.74) is 2.40. The Labute approximate surface area is 184 Å². The molecule has 0 aliphatic rings. The molecule has 2 rings (SSSR count). The summed E-state index contributed by atoms with van der Waals surface area (Å²) >= 11 is 1.75. The van der Waals surface area contributed by atoms with E-state index < -0.39 is 0 Å². The van der Waals surface area contributed by atoms with Crippen LogP contribution in [0, 0.1) is 0 Å². The number of halogens is 1. The lowest BCUT2D eigenvalue weighted by Gasteiger charge is -2.12. The van der Waals surface area contributed by atoms with Crippen LogP contribution in [0.4, 0.5) is 0 Å². The third kappa shape index (κ3) is 8.57. The zero-order valence-corrected chi connectivity index (χ0v) is 19.6. The quantitative estimate of drug-likeness (QED) is 0.217. The van der Waals surface area contributed by atoms with Gasteiger partial charge >= 0.3 is 0 Å². The van der Waals surface area contributed by atoms with Gasteiger partial charge in [0, 0.05) is 24.2 Å². The van der Waals surface area contributed by atoms with Crippen molar-refractivity contribution in [2.75, 3.05) is 13.2 Å². The number of thiazole rings is 1. The van der Waals surface area contributed by atoms with Gasteiger partial charge in [-0.15, -0.1) is 35.3 Å². The number of aryl methyl sites for hydroxylation is 1. The number of aromatic nitrogens is 1. The monoisotopic (exact) mass is 502 g/mol. The summed E-state index contributed by atoms with van der Waals surface area (Å²) in [4.78, 5) is 10.5. The van der Waals surface area contributed by atoms with Crippen LogP contribution in [0.1, 0.15) is 48.2 Å². The van der Waals surface area contributed by atoms with Crippen LogP contribution < -0.4 is 10.6 Å². The molecule has 2 N–H and O–H groups in total. The smallest absolute Gasteiger partial charge is 0.191 e. The lowest BCUT2D eigenvalue weighted by Crippen LogP contribution is -2.36. The highest BCUT2D eigenvalue weighted by molar-refractivity contribution is 14.0. The number of rotatable bonds is 10. The van der Waals surface area contributed by atoms with E-state index in [9.17, 15) is 0 Å². The van der Waals surface area contributed by atoms with E-state index in [2.05, 4.69) is 60.7 Å². The van der Waals surface area contributed by atoms with Crippen LogP contribution in [0.5, 0.6) is 0 Å². The number of guanidine groups is 1. The van der Waals surface area contributed by atoms with E-state index in [-0.39, 0.29) is 24.0 Å². The second-order valence-corrected chi connectivity index (χ2v) is 7.14. The summed E-state index contributed by atoms with van der Waals surface area (Å²) in [6.45, 7) is 9.91. The summed E-state index contributed by atoms with van der Waals surface area (Å²) < 4.78 is 5.70. The third-order valence-corrected chi connectivity index (χ3v) is 4.97. The molecule has 0 aliphatic carbocycles. The van der Waals surface area contributed by atoms with Crippen LogP contribution >= 0.6 is 35.3 Å². The van der Waals surface area contributed by atoms with Gasteiger partial charge in [-0.2, -0.15) is 0 Å². The van der Waals surface area contributed by atoms with Crippen LogP contribution in [-0.2, 0) is 30.9 Å². The molecule has 7 heteroatoms. The topological polar surface area (TPSA) is 58.5 Å². The summed E-state index contributed by atoms with van der Waals surface area (Å²) in [5.74, 6) is 0.810. The molecule has 150 valence electrons. The molecule has 1 aromatic heterocycles. The van der Waals surface area contributed by atoms with Gasteiger partial charge in [0.1, 0.15) is 5.01 Å². The van der Waals surface area contributed by atoms with Gasteiger partial charge in [-0.25, -0.2) is 9.98 Å². The number of hydrogen-bond donors (Lipinski definition) is 2. The maximum atomic E-state index is 5.70. The molecule has 0 saturated carbocycles. The van der Waals surface area contributed by atoms with E-state index in [1.54, 1.807) is 11.3 Å². The third-order valence-electron chi connectivity index (χ3n) is 3.83.